The van der Waals surface area contributed by atoms with E-state index in [2.05, 4.69) is 43.3 Å². The van der Waals surface area contributed by atoms with Crippen molar-refractivity contribution in [3.05, 3.63) is 77.9 Å². The largest absolute Gasteiger partial charge is 0.494 e. The fraction of sp³-hybridized carbons (Fsp3) is 0.227. The first-order valence-corrected chi connectivity index (χ1v) is 8.34. The smallest absolute Gasteiger partial charge is 0.119 e. The Kier molecular flexibility index (Phi) is 5.13. The third-order valence-corrected chi connectivity index (χ3v) is 4.35. The molecule has 120 valence electrons. The van der Waals surface area contributed by atoms with Crippen LogP contribution in [0.3, 0.4) is 0 Å². The van der Waals surface area contributed by atoms with E-state index in [1.54, 1.807) is 0 Å². The van der Waals surface area contributed by atoms with Crippen molar-refractivity contribution >= 4 is 10.8 Å². The molecule has 24 heavy (non-hydrogen) atoms. The van der Waals surface area contributed by atoms with Crippen LogP contribution in [0.15, 0.2) is 66.7 Å². The molecule has 0 saturated carbocycles. The van der Waals surface area contributed by atoms with Crippen LogP contribution in [-0.4, -0.2) is 6.61 Å². The van der Waals surface area contributed by atoms with Crippen molar-refractivity contribution in [3.8, 4) is 11.8 Å². The molecule has 3 rings (SSSR count). The highest BCUT2D eigenvalue weighted by Crippen LogP contribution is 2.24. The first-order chi connectivity index (χ1) is 11.8. The van der Waals surface area contributed by atoms with Gasteiger partial charge in [-0.15, -0.1) is 0 Å². The molecule has 0 spiro atoms. The highest BCUT2D eigenvalue weighted by atomic mass is 16.5. The zero-order chi connectivity index (χ0) is 16.8. The minimum absolute atomic E-state index is 0.0635. The molecule has 0 aromatic heterocycles. The maximum Gasteiger partial charge on any atom is 0.119 e. The van der Waals surface area contributed by atoms with E-state index in [0.29, 0.717) is 6.61 Å². The Balaban J connectivity index is 1.56. The van der Waals surface area contributed by atoms with Crippen LogP contribution in [0, 0.1) is 18.3 Å². The molecular formula is C22H21NO. The number of hydrogen-bond donors (Lipinski definition) is 0. The first kappa shape index (κ1) is 16.1. The van der Waals surface area contributed by atoms with Crippen LogP contribution in [0.25, 0.3) is 10.8 Å². The fourth-order valence-electron chi connectivity index (χ4n) is 3.00. The predicted octanol–water partition coefficient (Wildman–Crippen LogP) is 5.61. The summed E-state index contributed by atoms with van der Waals surface area (Å²) >= 11 is 0. The molecule has 0 N–H and O–H groups in total. The second-order valence-electron chi connectivity index (χ2n) is 6.04. The summed E-state index contributed by atoms with van der Waals surface area (Å²) in [6.45, 7) is 2.69. The number of hydrogen-bond acceptors (Lipinski definition) is 2. The maximum absolute atomic E-state index is 9.45. The molecule has 1 unspecified atom stereocenters. The van der Waals surface area contributed by atoms with Crippen LogP contribution in [0.5, 0.6) is 5.75 Å². The van der Waals surface area contributed by atoms with Crippen LogP contribution in [-0.2, 0) is 0 Å². The molecule has 3 aromatic rings. The molecule has 0 aliphatic heterocycles. The lowest BCUT2D eigenvalue weighted by Crippen LogP contribution is -2.03. The Labute approximate surface area is 143 Å². The van der Waals surface area contributed by atoms with E-state index in [0.717, 1.165) is 24.2 Å². The maximum atomic E-state index is 9.45. The lowest BCUT2D eigenvalue weighted by Gasteiger charge is -2.13. The molecule has 2 nitrogen and oxygen atoms in total. The summed E-state index contributed by atoms with van der Waals surface area (Å²) in [6.07, 6.45) is 1.67. The van der Waals surface area contributed by atoms with E-state index in [1.165, 1.54) is 16.3 Å². The van der Waals surface area contributed by atoms with E-state index >= 15 is 0 Å². The number of rotatable bonds is 6. The van der Waals surface area contributed by atoms with Crippen LogP contribution in [0.4, 0.5) is 0 Å². The molecule has 0 aliphatic carbocycles. The van der Waals surface area contributed by atoms with Gasteiger partial charge in [-0.25, -0.2) is 0 Å². The van der Waals surface area contributed by atoms with Gasteiger partial charge in [-0.2, -0.15) is 5.26 Å². The Bertz CT molecular complexity index is 863. The van der Waals surface area contributed by atoms with Crippen LogP contribution < -0.4 is 4.74 Å². The average Bonchev–Trinajstić information content (AvgIpc) is 2.62. The number of nitriles is 1. The lowest BCUT2D eigenvalue weighted by molar-refractivity contribution is 0.305. The molecule has 0 bridgehead atoms. The number of ether oxygens (including phenoxy) is 1. The monoisotopic (exact) mass is 315 g/mol. The van der Waals surface area contributed by atoms with Crippen molar-refractivity contribution in [1.29, 1.82) is 5.26 Å². The SMILES string of the molecule is Cc1ccccc1C(C#N)CCCOc1ccc2ccccc2c1. The van der Waals surface area contributed by atoms with Gasteiger partial charge in [0, 0.05) is 0 Å². The van der Waals surface area contributed by atoms with Crippen molar-refractivity contribution in [3.63, 3.8) is 0 Å². The summed E-state index contributed by atoms with van der Waals surface area (Å²) in [4.78, 5) is 0. The normalized spacial score (nSPS) is 11.8. The Hall–Kier alpha value is -2.79. The van der Waals surface area contributed by atoms with E-state index in [-0.39, 0.29) is 5.92 Å². The van der Waals surface area contributed by atoms with E-state index < -0.39 is 0 Å². The first-order valence-electron chi connectivity index (χ1n) is 8.34. The molecule has 0 heterocycles. The molecule has 0 amide bonds. The Morgan fingerprint density at radius 2 is 1.71 bits per heavy atom. The zero-order valence-electron chi connectivity index (χ0n) is 13.9. The second kappa shape index (κ2) is 7.66. The van der Waals surface area contributed by atoms with Crippen LogP contribution in [0.2, 0.25) is 0 Å². The van der Waals surface area contributed by atoms with Gasteiger partial charge in [0.05, 0.1) is 18.6 Å². The third kappa shape index (κ3) is 3.75. The molecule has 1 atom stereocenters. The molecular weight excluding hydrogens is 294 g/mol. The minimum atomic E-state index is -0.0635. The van der Waals surface area contributed by atoms with Gasteiger partial charge in [-0.1, -0.05) is 54.6 Å². The highest BCUT2D eigenvalue weighted by Gasteiger charge is 2.12. The summed E-state index contributed by atoms with van der Waals surface area (Å²) in [7, 11) is 0. The van der Waals surface area contributed by atoms with Crippen LogP contribution in [0.1, 0.15) is 29.9 Å². The summed E-state index contributed by atoms with van der Waals surface area (Å²) < 4.78 is 5.87. The zero-order valence-corrected chi connectivity index (χ0v) is 13.9. The van der Waals surface area contributed by atoms with Crippen molar-refractivity contribution in [2.75, 3.05) is 6.61 Å². The predicted molar refractivity (Wildman–Crippen MR) is 98.2 cm³/mol. The van der Waals surface area contributed by atoms with E-state index in [4.69, 9.17) is 4.74 Å². The third-order valence-electron chi connectivity index (χ3n) is 4.35. The van der Waals surface area contributed by atoms with Gasteiger partial charge in [-0.3, -0.25) is 0 Å². The van der Waals surface area contributed by atoms with Gasteiger partial charge >= 0.3 is 0 Å². The van der Waals surface area contributed by atoms with Gasteiger partial charge in [0.25, 0.3) is 0 Å². The average molecular weight is 315 g/mol. The summed E-state index contributed by atoms with van der Waals surface area (Å²) in [5.41, 5.74) is 2.31. The molecule has 0 radical (unpaired) electrons. The molecule has 0 aliphatic rings. The summed E-state index contributed by atoms with van der Waals surface area (Å²) in [6, 6.07) is 25.0. The van der Waals surface area contributed by atoms with Gasteiger partial charge in [0.15, 0.2) is 0 Å². The summed E-state index contributed by atoms with van der Waals surface area (Å²) in [5.74, 6) is 0.824. The van der Waals surface area contributed by atoms with Gasteiger partial charge in [0.2, 0.25) is 0 Å². The quantitative estimate of drug-likeness (QED) is 0.553. The van der Waals surface area contributed by atoms with Crippen molar-refractivity contribution in [2.45, 2.75) is 25.7 Å². The summed E-state index contributed by atoms with van der Waals surface area (Å²) in [5, 5.41) is 11.8. The standard InChI is InChI=1S/C22H21NO/c1-17-7-2-5-11-22(17)20(16-23)10-6-14-24-21-13-12-18-8-3-4-9-19(18)15-21/h2-5,7-9,11-13,15,20H,6,10,14H2,1H3. The van der Waals surface area contributed by atoms with Crippen LogP contribution >= 0.6 is 0 Å². The highest BCUT2D eigenvalue weighted by molar-refractivity contribution is 5.83. The molecule has 3 aromatic carbocycles. The van der Waals surface area contributed by atoms with Crippen molar-refractivity contribution < 1.29 is 4.74 Å². The molecule has 0 saturated heterocycles. The van der Waals surface area contributed by atoms with Gasteiger partial charge < -0.3 is 4.74 Å². The number of nitrogens with zero attached hydrogens (tertiary/aromatic N) is 1. The lowest BCUT2D eigenvalue weighted by atomic mass is 9.92. The number of fused-ring (bicyclic) bond motifs is 1. The van der Waals surface area contributed by atoms with Crippen molar-refractivity contribution in [2.24, 2.45) is 0 Å². The van der Waals surface area contributed by atoms with Gasteiger partial charge in [-0.05, 0) is 53.8 Å². The Morgan fingerprint density at radius 3 is 2.50 bits per heavy atom. The number of aryl methyl sites for hydroxylation is 1. The van der Waals surface area contributed by atoms with Gasteiger partial charge in [0.1, 0.15) is 5.75 Å². The fourth-order valence-corrected chi connectivity index (χ4v) is 3.00. The van der Waals surface area contributed by atoms with E-state index in [1.807, 2.05) is 36.4 Å². The minimum Gasteiger partial charge on any atom is -0.494 e. The second-order valence-corrected chi connectivity index (χ2v) is 6.04. The molecule has 0 fully saturated rings. The topological polar surface area (TPSA) is 33.0 Å². The number of benzene rings is 3. The van der Waals surface area contributed by atoms with E-state index in [9.17, 15) is 5.26 Å². The Morgan fingerprint density at radius 1 is 0.958 bits per heavy atom. The van der Waals surface area contributed by atoms with Crippen molar-refractivity contribution in [1.82, 2.24) is 0 Å². The molecule has 2 heteroatoms.